The average Bonchev–Trinajstić information content (AvgIpc) is 3.03. The molecule has 1 N–H and O–H groups in total. The predicted molar refractivity (Wildman–Crippen MR) is 103 cm³/mol. The summed E-state index contributed by atoms with van der Waals surface area (Å²) in [7, 11) is 3.87. The molecule has 1 aliphatic carbocycles. The van der Waals surface area contributed by atoms with E-state index in [0.29, 0.717) is 0 Å². The van der Waals surface area contributed by atoms with Crippen LogP contribution >= 0.6 is 0 Å². The molecule has 3 aromatic rings. The summed E-state index contributed by atoms with van der Waals surface area (Å²) in [4.78, 5) is 15.0. The number of anilines is 1. The van der Waals surface area contributed by atoms with Crippen molar-refractivity contribution in [1.29, 1.82) is 0 Å². The first-order valence-corrected chi connectivity index (χ1v) is 8.71. The maximum Gasteiger partial charge on any atom is 0.246 e. The number of nitrogens with one attached hydrogen (secondary N) is 1. The van der Waals surface area contributed by atoms with E-state index in [0.717, 1.165) is 29.5 Å². The normalized spacial score (nSPS) is 14.0. The Morgan fingerprint density at radius 2 is 1.64 bits per heavy atom. The van der Waals surface area contributed by atoms with Crippen LogP contribution in [-0.2, 0) is 17.6 Å². The van der Waals surface area contributed by atoms with Crippen LogP contribution in [0, 0.1) is 0 Å². The van der Waals surface area contributed by atoms with Crippen LogP contribution in [0.2, 0.25) is 0 Å². The van der Waals surface area contributed by atoms with Crippen LogP contribution in [0.1, 0.15) is 22.7 Å². The predicted octanol–water partition coefficient (Wildman–Crippen LogP) is 4.18. The summed E-state index contributed by atoms with van der Waals surface area (Å²) in [5.74, 6) is -0.00472. The zero-order valence-electron chi connectivity index (χ0n) is 14.6. The van der Waals surface area contributed by atoms with Crippen LogP contribution in [0.3, 0.4) is 0 Å². The molecule has 3 heteroatoms. The number of likely N-dealkylation sites (N-methyl/N-ethyl adjacent to an activating group) is 1. The van der Waals surface area contributed by atoms with Crippen molar-refractivity contribution in [2.24, 2.45) is 0 Å². The van der Waals surface area contributed by atoms with Gasteiger partial charge in [-0.05, 0) is 55.1 Å². The molecule has 1 amide bonds. The molecule has 1 atom stereocenters. The van der Waals surface area contributed by atoms with Gasteiger partial charge in [-0.15, -0.1) is 0 Å². The second-order valence-electron chi connectivity index (χ2n) is 6.88. The molecule has 25 heavy (non-hydrogen) atoms. The second-order valence-corrected chi connectivity index (χ2v) is 6.88. The molecule has 0 aromatic heterocycles. The molecule has 0 radical (unpaired) electrons. The fourth-order valence-corrected chi connectivity index (χ4v) is 3.88. The van der Waals surface area contributed by atoms with E-state index in [9.17, 15) is 4.79 Å². The lowest BCUT2D eigenvalue weighted by Crippen LogP contribution is -2.32. The van der Waals surface area contributed by atoms with Gasteiger partial charge in [-0.25, -0.2) is 0 Å². The van der Waals surface area contributed by atoms with E-state index in [-0.39, 0.29) is 11.9 Å². The highest BCUT2D eigenvalue weighted by Crippen LogP contribution is 2.35. The summed E-state index contributed by atoms with van der Waals surface area (Å²) in [6, 6.07) is 20.2. The molecule has 0 saturated heterocycles. The topological polar surface area (TPSA) is 32.3 Å². The van der Waals surface area contributed by atoms with Crippen molar-refractivity contribution in [3.63, 3.8) is 0 Å². The van der Waals surface area contributed by atoms with Crippen LogP contribution in [0.15, 0.2) is 60.7 Å². The van der Waals surface area contributed by atoms with Crippen LogP contribution in [-0.4, -0.2) is 24.9 Å². The quantitative estimate of drug-likeness (QED) is 0.778. The first kappa shape index (κ1) is 15.9. The van der Waals surface area contributed by atoms with Crippen molar-refractivity contribution in [3.05, 3.63) is 77.4 Å². The van der Waals surface area contributed by atoms with Gasteiger partial charge < -0.3 is 5.32 Å². The van der Waals surface area contributed by atoms with Gasteiger partial charge >= 0.3 is 0 Å². The summed E-state index contributed by atoms with van der Waals surface area (Å²) in [5.41, 5.74) is 4.66. The summed E-state index contributed by atoms with van der Waals surface area (Å²) in [6.45, 7) is 0. The number of hydrogen-bond donors (Lipinski definition) is 1. The maximum absolute atomic E-state index is 13.0. The summed E-state index contributed by atoms with van der Waals surface area (Å²) in [5, 5.41) is 5.63. The Bertz CT molecular complexity index is 921. The highest BCUT2D eigenvalue weighted by atomic mass is 16.2. The zero-order valence-corrected chi connectivity index (χ0v) is 14.6. The summed E-state index contributed by atoms with van der Waals surface area (Å²) < 4.78 is 0. The van der Waals surface area contributed by atoms with Gasteiger partial charge in [0.25, 0.3) is 0 Å². The average molecular weight is 330 g/mol. The third-order valence-corrected chi connectivity index (χ3v) is 5.01. The molecule has 3 aromatic carbocycles. The van der Waals surface area contributed by atoms with Crippen molar-refractivity contribution in [3.8, 4) is 0 Å². The van der Waals surface area contributed by atoms with E-state index in [1.807, 2.05) is 55.4 Å². The third kappa shape index (κ3) is 2.81. The Morgan fingerprint density at radius 1 is 0.920 bits per heavy atom. The molecule has 0 fully saturated rings. The monoisotopic (exact) mass is 330 g/mol. The van der Waals surface area contributed by atoms with E-state index in [1.54, 1.807) is 0 Å². The number of amides is 1. The summed E-state index contributed by atoms with van der Waals surface area (Å²) in [6.07, 6.45) is 2.18. The highest BCUT2D eigenvalue weighted by molar-refractivity contribution is 6.06. The lowest BCUT2D eigenvalue weighted by Gasteiger charge is -2.24. The summed E-state index contributed by atoms with van der Waals surface area (Å²) >= 11 is 0. The number of nitrogens with zero attached hydrogens (tertiary/aromatic N) is 1. The standard InChI is InChI=1S/C22H22N2O/c1-24(2)21(17-7-4-3-5-8-17)22(25)23-19-14-13-16-12-11-15-9-6-10-18(19)20(15)16/h3-10,13-14,21H,11-12H2,1-2H3,(H,23,25). The minimum absolute atomic E-state index is 0.00472. The highest BCUT2D eigenvalue weighted by Gasteiger charge is 2.24. The molecule has 3 nitrogen and oxygen atoms in total. The van der Waals surface area contributed by atoms with Crippen molar-refractivity contribution >= 4 is 22.4 Å². The van der Waals surface area contributed by atoms with E-state index in [4.69, 9.17) is 0 Å². The van der Waals surface area contributed by atoms with Crippen molar-refractivity contribution in [2.75, 3.05) is 19.4 Å². The largest absolute Gasteiger partial charge is 0.324 e. The van der Waals surface area contributed by atoms with E-state index >= 15 is 0 Å². The Kier molecular flexibility index (Phi) is 4.02. The molecule has 0 aliphatic heterocycles. The van der Waals surface area contributed by atoms with Gasteiger partial charge in [0.1, 0.15) is 6.04 Å². The zero-order chi connectivity index (χ0) is 17.4. The molecule has 0 bridgehead atoms. The van der Waals surface area contributed by atoms with Crippen molar-refractivity contribution < 1.29 is 4.79 Å². The second kappa shape index (κ2) is 6.34. The van der Waals surface area contributed by atoms with Gasteiger partial charge in [-0.2, -0.15) is 0 Å². The van der Waals surface area contributed by atoms with Crippen LogP contribution in [0.4, 0.5) is 5.69 Å². The van der Waals surface area contributed by atoms with Crippen LogP contribution in [0.25, 0.3) is 10.8 Å². The van der Waals surface area contributed by atoms with E-state index in [1.165, 1.54) is 16.5 Å². The van der Waals surface area contributed by atoms with E-state index in [2.05, 4.69) is 29.6 Å². The van der Waals surface area contributed by atoms with Gasteiger partial charge in [0.15, 0.2) is 0 Å². The van der Waals surface area contributed by atoms with Gasteiger partial charge in [-0.1, -0.05) is 54.6 Å². The third-order valence-electron chi connectivity index (χ3n) is 5.01. The minimum Gasteiger partial charge on any atom is -0.324 e. The number of benzene rings is 3. The fourth-order valence-electron chi connectivity index (χ4n) is 3.88. The fraction of sp³-hybridized carbons (Fsp3) is 0.227. The first-order chi connectivity index (χ1) is 12.1. The van der Waals surface area contributed by atoms with Gasteiger partial charge in [0, 0.05) is 11.1 Å². The van der Waals surface area contributed by atoms with E-state index < -0.39 is 0 Å². The number of carbonyl (C=O) groups excluding carboxylic acids is 1. The van der Waals surface area contributed by atoms with Crippen LogP contribution < -0.4 is 5.32 Å². The minimum atomic E-state index is -0.316. The van der Waals surface area contributed by atoms with Crippen molar-refractivity contribution in [2.45, 2.75) is 18.9 Å². The Morgan fingerprint density at radius 3 is 2.36 bits per heavy atom. The van der Waals surface area contributed by atoms with Gasteiger partial charge in [0.2, 0.25) is 5.91 Å². The lowest BCUT2D eigenvalue weighted by atomic mass is 10.0. The van der Waals surface area contributed by atoms with Gasteiger partial charge in [-0.3, -0.25) is 9.69 Å². The molecule has 0 saturated carbocycles. The molecule has 1 unspecified atom stereocenters. The first-order valence-electron chi connectivity index (χ1n) is 8.71. The Labute approximate surface area is 148 Å². The molecule has 0 spiro atoms. The number of hydrogen-bond acceptors (Lipinski definition) is 2. The molecule has 1 aliphatic rings. The lowest BCUT2D eigenvalue weighted by molar-refractivity contribution is -0.120. The van der Waals surface area contributed by atoms with Crippen LogP contribution in [0.5, 0.6) is 0 Å². The molecule has 126 valence electrons. The molecular weight excluding hydrogens is 308 g/mol. The Hall–Kier alpha value is -2.65. The maximum atomic E-state index is 13.0. The molecule has 4 rings (SSSR count). The molecule has 0 heterocycles. The van der Waals surface area contributed by atoms with Crippen molar-refractivity contribution in [1.82, 2.24) is 4.90 Å². The SMILES string of the molecule is CN(C)C(C(=O)Nc1ccc2c3c(cccc13)CC2)c1ccccc1. The molecular formula is C22H22N2O. The number of rotatable bonds is 4. The number of carbonyl (C=O) groups is 1. The number of aryl methyl sites for hydroxylation is 2. The smallest absolute Gasteiger partial charge is 0.246 e. The van der Waals surface area contributed by atoms with Gasteiger partial charge in [0.05, 0.1) is 0 Å². The Balaban J connectivity index is 1.70.